The Morgan fingerprint density at radius 2 is 1.84 bits per heavy atom. The number of carbonyl (C=O) groups excluding carboxylic acids is 3. The highest BCUT2D eigenvalue weighted by Crippen LogP contribution is 2.45. The van der Waals surface area contributed by atoms with Crippen molar-refractivity contribution in [3.63, 3.8) is 0 Å². The van der Waals surface area contributed by atoms with Gasteiger partial charge in [0.15, 0.2) is 5.78 Å². The average Bonchev–Trinajstić information content (AvgIpc) is 2.72. The van der Waals surface area contributed by atoms with E-state index >= 15 is 0 Å². The fourth-order valence-corrected chi connectivity index (χ4v) is 4.49. The highest BCUT2D eigenvalue weighted by molar-refractivity contribution is 6.12. The van der Waals surface area contributed by atoms with Gasteiger partial charge < -0.3 is 19.5 Å². The van der Waals surface area contributed by atoms with Crippen LogP contribution in [0.3, 0.4) is 0 Å². The van der Waals surface area contributed by atoms with E-state index in [4.69, 9.17) is 14.2 Å². The highest BCUT2D eigenvalue weighted by atomic mass is 16.5. The Balaban J connectivity index is 2.15. The van der Waals surface area contributed by atoms with Gasteiger partial charge in [-0.25, -0.2) is 4.79 Å². The van der Waals surface area contributed by atoms with Crippen LogP contribution in [0.2, 0.25) is 0 Å². The molecule has 7 heteroatoms. The largest absolute Gasteiger partial charge is 0.494 e. The molecule has 1 heterocycles. The molecule has 0 saturated heterocycles. The molecule has 2 aliphatic rings. The van der Waals surface area contributed by atoms with Gasteiger partial charge >= 0.3 is 11.9 Å². The van der Waals surface area contributed by atoms with Gasteiger partial charge in [0, 0.05) is 22.9 Å². The summed E-state index contributed by atoms with van der Waals surface area (Å²) < 4.78 is 16.0. The zero-order valence-electron chi connectivity index (χ0n) is 19.5. The summed E-state index contributed by atoms with van der Waals surface area (Å²) in [5, 5.41) is 3.25. The van der Waals surface area contributed by atoms with E-state index in [1.54, 1.807) is 13.8 Å². The third kappa shape index (κ3) is 4.42. The minimum atomic E-state index is -0.911. The first-order chi connectivity index (χ1) is 15.2. The summed E-state index contributed by atoms with van der Waals surface area (Å²) >= 11 is 0. The van der Waals surface area contributed by atoms with E-state index in [0.717, 1.165) is 11.3 Å². The van der Waals surface area contributed by atoms with Crippen LogP contribution in [0.4, 0.5) is 0 Å². The normalized spacial score (nSPS) is 23.0. The predicted molar refractivity (Wildman–Crippen MR) is 119 cm³/mol. The van der Waals surface area contributed by atoms with Gasteiger partial charge in [0.25, 0.3) is 0 Å². The molecule has 1 aliphatic carbocycles. The standard InChI is InChI=1S/C25H31NO6/c1-7-31-17-10-8-16(9-11-17)21-20(25(29)32-13(2)3)15(5)26-18-12-14(4)19(24(28)30-6)23(27)22(18)21/h8-11,13-14,19,21,26H,7,12H2,1-6H3/t14-,19-,21-/m0/s1. The monoisotopic (exact) mass is 441 g/mol. The number of allylic oxidation sites excluding steroid dienone is 3. The lowest BCUT2D eigenvalue weighted by molar-refractivity contribution is -0.151. The molecule has 1 aromatic carbocycles. The number of carbonyl (C=O) groups is 3. The first kappa shape index (κ1) is 23.6. The Hall–Kier alpha value is -3.09. The molecule has 1 N–H and O–H groups in total. The molecule has 0 unspecified atom stereocenters. The van der Waals surface area contributed by atoms with E-state index in [2.05, 4.69) is 5.32 Å². The molecule has 7 nitrogen and oxygen atoms in total. The molecule has 1 aliphatic heterocycles. The number of dihydropyridines is 1. The SMILES string of the molecule is CCOc1ccc([C@H]2C(C(=O)OC(C)C)=C(C)NC3=C2C(=O)[C@@H](C(=O)OC)[C@@H](C)C3)cc1. The van der Waals surface area contributed by atoms with Crippen molar-refractivity contribution in [3.05, 3.63) is 52.4 Å². The maximum atomic E-state index is 13.6. The van der Waals surface area contributed by atoms with E-state index < -0.39 is 23.8 Å². The second-order valence-electron chi connectivity index (χ2n) is 8.49. The van der Waals surface area contributed by atoms with Gasteiger partial charge in [-0.1, -0.05) is 19.1 Å². The van der Waals surface area contributed by atoms with Crippen molar-refractivity contribution in [3.8, 4) is 5.75 Å². The van der Waals surface area contributed by atoms with E-state index in [9.17, 15) is 14.4 Å². The van der Waals surface area contributed by atoms with Crippen molar-refractivity contribution in [1.82, 2.24) is 5.32 Å². The summed E-state index contributed by atoms with van der Waals surface area (Å²) in [4.78, 5) is 39.2. The van der Waals surface area contributed by atoms with E-state index in [0.29, 0.717) is 35.6 Å². The summed E-state index contributed by atoms with van der Waals surface area (Å²) in [6.45, 7) is 9.66. The van der Waals surface area contributed by atoms with E-state index in [1.807, 2.05) is 45.0 Å². The number of Topliss-reactive ketones (excluding diaryl/α,β-unsaturated/α-hetero) is 1. The number of ether oxygens (including phenoxy) is 3. The number of rotatable bonds is 6. The summed E-state index contributed by atoms with van der Waals surface area (Å²) in [6, 6.07) is 7.32. The van der Waals surface area contributed by atoms with Crippen molar-refractivity contribution in [2.24, 2.45) is 11.8 Å². The van der Waals surface area contributed by atoms with Crippen molar-refractivity contribution in [1.29, 1.82) is 0 Å². The molecule has 172 valence electrons. The molecule has 0 radical (unpaired) electrons. The van der Waals surface area contributed by atoms with Gasteiger partial charge in [-0.05, 0) is 57.7 Å². The van der Waals surface area contributed by atoms with Crippen LogP contribution in [-0.2, 0) is 23.9 Å². The molecule has 32 heavy (non-hydrogen) atoms. The average molecular weight is 442 g/mol. The lowest BCUT2D eigenvalue weighted by Crippen LogP contribution is -2.43. The van der Waals surface area contributed by atoms with Crippen molar-refractivity contribution in [2.45, 2.75) is 53.1 Å². The number of benzene rings is 1. The van der Waals surface area contributed by atoms with Crippen molar-refractivity contribution >= 4 is 17.7 Å². The number of hydrogen-bond acceptors (Lipinski definition) is 7. The van der Waals surface area contributed by atoms with Crippen LogP contribution >= 0.6 is 0 Å². The molecule has 1 aromatic rings. The van der Waals surface area contributed by atoms with Gasteiger partial charge in [0.2, 0.25) is 0 Å². The molecule has 0 aromatic heterocycles. The number of hydrogen-bond donors (Lipinski definition) is 1. The zero-order chi connectivity index (χ0) is 23.6. The van der Waals surface area contributed by atoms with Crippen molar-refractivity contribution < 1.29 is 28.6 Å². The summed E-state index contributed by atoms with van der Waals surface area (Å²) in [7, 11) is 1.28. The number of nitrogens with one attached hydrogen (secondary N) is 1. The fourth-order valence-electron chi connectivity index (χ4n) is 4.49. The number of methoxy groups -OCH3 is 1. The Morgan fingerprint density at radius 3 is 2.41 bits per heavy atom. The second-order valence-corrected chi connectivity index (χ2v) is 8.49. The van der Waals surface area contributed by atoms with Gasteiger partial charge in [-0.3, -0.25) is 9.59 Å². The predicted octanol–water partition coefficient (Wildman–Crippen LogP) is 3.65. The molecule has 3 atom stereocenters. The van der Waals surface area contributed by atoms with Crippen LogP contribution in [0.5, 0.6) is 5.75 Å². The maximum Gasteiger partial charge on any atom is 0.337 e. The van der Waals surface area contributed by atoms with Crippen molar-refractivity contribution in [2.75, 3.05) is 13.7 Å². The van der Waals surface area contributed by atoms with Gasteiger partial charge in [-0.2, -0.15) is 0 Å². The van der Waals surface area contributed by atoms with E-state index in [1.165, 1.54) is 7.11 Å². The molecular formula is C25H31NO6. The van der Waals surface area contributed by atoms with Crippen LogP contribution in [0.25, 0.3) is 0 Å². The first-order valence-electron chi connectivity index (χ1n) is 11.0. The molecule has 3 rings (SSSR count). The molecular weight excluding hydrogens is 410 g/mol. The zero-order valence-corrected chi connectivity index (χ0v) is 19.5. The Bertz CT molecular complexity index is 973. The molecule has 0 fully saturated rings. The molecule has 0 amide bonds. The molecule has 0 saturated carbocycles. The summed E-state index contributed by atoms with van der Waals surface area (Å²) in [5.41, 5.74) is 2.92. The Morgan fingerprint density at radius 1 is 1.19 bits per heavy atom. The van der Waals surface area contributed by atoms with E-state index in [-0.39, 0.29) is 17.8 Å². The Kier molecular flexibility index (Phi) is 7.06. The topological polar surface area (TPSA) is 90.9 Å². The van der Waals surface area contributed by atoms with Crippen LogP contribution in [0, 0.1) is 11.8 Å². The van der Waals surface area contributed by atoms with Crippen LogP contribution < -0.4 is 10.1 Å². The second kappa shape index (κ2) is 9.59. The third-order valence-corrected chi connectivity index (χ3v) is 5.83. The minimum absolute atomic E-state index is 0.223. The van der Waals surface area contributed by atoms with Crippen LogP contribution in [0.15, 0.2) is 46.8 Å². The third-order valence-electron chi connectivity index (χ3n) is 5.83. The lowest BCUT2D eigenvalue weighted by atomic mass is 9.69. The van der Waals surface area contributed by atoms with Gasteiger partial charge in [0.1, 0.15) is 11.7 Å². The fraction of sp³-hybridized carbons (Fsp3) is 0.480. The quantitative estimate of drug-likeness (QED) is 0.532. The molecule has 0 bridgehead atoms. The minimum Gasteiger partial charge on any atom is -0.494 e. The van der Waals surface area contributed by atoms with Crippen LogP contribution in [0.1, 0.15) is 52.5 Å². The summed E-state index contributed by atoms with van der Waals surface area (Å²) in [5.74, 6) is -2.46. The molecule has 0 spiro atoms. The summed E-state index contributed by atoms with van der Waals surface area (Å²) in [6.07, 6.45) is 0.183. The number of esters is 2. The van der Waals surface area contributed by atoms with Gasteiger partial charge in [0.05, 0.1) is 25.4 Å². The van der Waals surface area contributed by atoms with Crippen LogP contribution in [-0.4, -0.2) is 37.5 Å². The Labute approximate surface area is 188 Å². The maximum absolute atomic E-state index is 13.6. The number of ketones is 1. The first-order valence-corrected chi connectivity index (χ1v) is 11.0. The smallest absolute Gasteiger partial charge is 0.337 e. The van der Waals surface area contributed by atoms with Gasteiger partial charge in [-0.15, -0.1) is 0 Å². The highest BCUT2D eigenvalue weighted by Gasteiger charge is 2.47. The lowest BCUT2D eigenvalue weighted by Gasteiger charge is -2.38.